The number of hydrogen-bond acceptors (Lipinski definition) is 7. The van der Waals surface area contributed by atoms with Crippen LogP contribution in [0.3, 0.4) is 0 Å². The molecule has 1 unspecified atom stereocenters. The Hall–Kier alpha value is -0.890. The fourth-order valence-electron chi connectivity index (χ4n) is 2.40. The van der Waals surface area contributed by atoms with Crippen molar-refractivity contribution in [2.75, 3.05) is 31.2 Å². The van der Waals surface area contributed by atoms with Crippen LogP contribution in [0.1, 0.15) is 13.8 Å². The Bertz CT molecular complexity index is 616. The van der Waals surface area contributed by atoms with Gasteiger partial charge in [0.1, 0.15) is 10.6 Å². The largest absolute Gasteiger partial charge is 0.383 e. The number of nitrogens with zero attached hydrogens (tertiary/aromatic N) is 3. The summed E-state index contributed by atoms with van der Waals surface area (Å²) >= 11 is 3.22. The Kier molecular flexibility index (Phi) is 4.63. The van der Waals surface area contributed by atoms with Gasteiger partial charge in [-0.15, -0.1) is 11.3 Å². The molecule has 1 fully saturated rings. The number of hydrogen-bond donors (Lipinski definition) is 1. The van der Waals surface area contributed by atoms with E-state index in [-0.39, 0.29) is 6.10 Å². The van der Waals surface area contributed by atoms with E-state index < -0.39 is 0 Å². The highest BCUT2D eigenvalue weighted by Crippen LogP contribution is 2.27. The van der Waals surface area contributed by atoms with Crippen molar-refractivity contribution in [3.63, 3.8) is 0 Å². The number of rotatable bonds is 4. The van der Waals surface area contributed by atoms with Crippen LogP contribution in [-0.2, 0) is 4.74 Å². The van der Waals surface area contributed by atoms with Crippen LogP contribution < -0.4 is 5.73 Å². The highest BCUT2D eigenvalue weighted by Gasteiger charge is 2.22. The monoisotopic (exact) mass is 324 g/mol. The van der Waals surface area contributed by atoms with Crippen LogP contribution in [-0.4, -0.2) is 52.5 Å². The minimum absolute atomic E-state index is 0.231. The van der Waals surface area contributed by atoms with Gasteiger partial charge in [0.25, 0.3) is 0 Å². The highest BCUT2D eigenvalue weighted by atomic mass is 32.2. The third-order valence-electron chi connectivity index (χ3n) is 3.63. The van der Waals surface area contributed by atoms with Gasteiger partial charge in [0.15, 0.2) is 5.16 Å². The topological polar surface area (TPSA) is 64.3 Å². The summed E-state index contributed by atoms with van der Waals surface area (Å²) < 4.78 is 5.84. The average molecular weight is 324 g/mol. The smallest absolute Gasteiger partial charge is 0.190 e. The maximum Gasteiger partial charge on any atom is 0.190 e. The molecule has 3 rings (SSSR count). The summed E-state index contributed by atoms with van der Waals surface area (Å²) in [6, 6.07) is 2.53. The molecule has 2 aromatic rings. The van der Waals surface area contributed by atoms with Gasteiger partial charge in [-0.3, -0.25) is 4.90 Å². The van der Waals surface area contributed by atoms with E-state index in [9.17, 15) is 0 Å². The van der Waals surface area contributed by atoms with E-state index in [0.29, 0.717) is 11.9 Å². The molecular formula is C14H20N4OS2. The fraction of sp³-hybridized carbons (Fsp3) is 0.571. The first-order chi connectivity index (χ1) is 10.1. The molecule has 1 aliphatic heterocycles. The van der Waals surface area contributed by atoms with Crippen molar-refractivity contribution in [3.8, 4) is 0 Å². The second-order valence-corrected chi connectivity index (χ2v) is 7.31. The standard InChI is InChI=1S/C14H20N4OS2/c1-9(2)18-4-5-19-10(7-18)8-21-14-16-12(15)11-3-6-20-13(11)17-14/h3,6,9-10H,4-5,7-8H2,1-2H3,(H2,15,16,17). The highest BCUT2D eigenvalue weighted by molar-refractivity contribution is 7.99. The predicted octanol–water partition coefficient (Wildman–Crippen LogP) is 2.47. The first-order valence-electron chi connectivity index (χ1n) is 7.12. The SMILES string of the molecule is CC(C)N1CCOC(CSc2nc(N)c3ccsc3n2)C1. The molecule has 0 amide bonds. The molecule has 1 saturated heterocycles. The molecule has 21 heavy (non-hydrogen) atoms. The summed E-state index contributed by atoms with van der Waals surface area (Å²) in [5.41, 5.74) is 5.97. The zero-order valence-corrected chi connectivity index (χ0v) is 13.9. The maximum atomic E-state index is 5.97. The number of thiophene rings is 1. The number of morpholine rings is 1. The first kappa shape index (κ1) is 15.0. The quantitative estimate of drug-likeness (QED) is 0.688. The molecule has 3 heterocycles. The van der Waals surface area contributed by atoms with Crippen LogP contribution in [0.2, 0.25) is 0 Å². The summed E-state index contributed by atoms with van der Waals surface area (Å²) in [5.74, 6) is 1.43. The summed E-state index contributed by atoms with van der Waals surface area (Å²) in [7, 11) is 0. The van der Waals surface area contributed by atoms with E-state index in [1.54, 1.807) is 23.1 Å². The van der Waals surface area contributed by atoms with Crippen LogP contribution in [0.25, 0.3) is 10.2 Å². The number of ether oxygens (including phenoxy) is 1. The first-order valence-corrected chi connectivity index (χ1v) is 8.99. The normalized spacial score (nSPS) is 20.4. The van der Waals surface area contributed by atoms with Gasteiger partial charge < -0.3 is 10.5 Å². The number of fused-ring (bicyclic) bond motifs is 1. The molecule has 5 nitrogen and oxygen atoms in total. The molecule has 0 aliphatic carbocycles. The van der Waals surface area contributed by atoms with Crippen molar-refractivity contribution in [2.24, 2.45) is 0 Å². The van der Waals surface area contributed by atoms with Gasteiger partial charge in [-0.25, -0.2) is 9.97 Å². The molecule has 0 bridgehead atoms. The third-order valence-corrected chi connectivity index (χ3v) is 5.42. The van der Waals surface area contributed by atoms with Crippen molar-refractivity contribution in [1.82, 2.24) is 14.9 Å². The molecule has 0 radical (unpaired) electrons. The number of thioether (sulfide) groups is 1. The van der Waals surface area contributed by atoms with Crippen LogP contribution in [0, 0.1) is 0 Å². The molecule has 2 aromatic heterocycles. The van der Waals surface area contributed by atoms with Gasteiger partial charge in [-0.05, 0) is 25.3 Å². The number of nitrogen functional groups attached to an aromatic ring is 1. The van der Waals surface area contributed by atoms with Crippen molar-refractivity contribution in [3.05, 3.63) is 11.4 Å². The van der Waals surface area contributed by atoms with E-state index in [2.05, 4.69) is 28.7 Å². The Balaban J connectivity index is 1.63. The van der Waals surface area contributed by atoms with Gasteiger partial charge in [0, 0.05) is 24.9 Å². The van der Waals surface area contributed by atoms with E-state index >= 15 is 0 Å². The van der Waals surface area contributed by atoms with E-state index in [4.69, 9.17) is 10.5 Å². The van der Waals surface area contributed by atoms with E-state index in [0.717, 1.165) is 40.8 Å². The Morgan fingerprint density at radius 3 is 3.19 bits per heavy atom. The lowest BCUT2D eigenvalue weighted by molar-refractivity contribution is -0.0265. The van der Waals surface area contributed by atoms with Crippen molar-refractivity contribution < 1.29 is 4.74 Å². The molecule has 1 atom stereocenters. The van der Waals surface area contributed by atoms with Crippen LogP contribution >= 0.6 is 23.1 Å². The molecule has 0 saturated carbocycles. The zero-order chi connectivity index (χ0) is 14.8. The summed E-state index contributed by atoms with van der Waals surface area (Å²) in [6.07, 6.45) is 0.231. The van der Waals surface area contributed by atoms with Crippen molar-refractivity contribution in [1.29, 1.82) is 0 Å². The Morgan fingerprint density at radius 1 is 1.52 bits per heavy atom. The van der Waals surface area contributed by atoms with Gasteiger partial charge in [0.2, 0.25) is 0 Å². The Morgan fingerprint density at radius 2 is 2.38 bits per heavy atom. The van der Waals surface area contributed by atoms with Gasteiger partial charge in [-0.1, -0.05) is 11.8 Å². The number of anilines is 1. The van der Waals surface area contributed by atoms with Crippen LogP contribution in [0.15, 0.2) is 16.6 Å². The van der Waals surface area contributed by atoms with E-state index in [1.165, 1.54) is 0 Å². The fourth-order valence-corrected chi connectivity index (χ4v) is 4.09. The summed E-state index contributed by atoms with van der Waals surface area (Å²) in [6.45, 7) is 7.25. The second kappa shape index (κ2) is 6.48. The average Bonchev–Trinajstić information content (AvgIpc) is 2.94. The molecule has 1 aliphatic rings. The molecule has 7 heteroatoms. The van der Waals surface area contributed by atoms with Crippen LogP contribution in [0.4, 0.5) is 5.82 Å². The molecule has 114 valence electrons. The molecule has 2 N–H and O–H groups in total. The van der Waals surface area contributed by atoms with E-state index in [1.807, 2.05) is 11.4 Å². The van der Waals surface area contributed by atoms with Gasteiger partial charge in [-0.2, -0.15) is 0 Å². The molecular weight excluding hydrogens is 304 g/mol. The summed E-state index contributed by atoms with van der Waals surface area (Å²) in [5, 5.41) is 3.69. The lowest BCUT2D eigenvalue weighted by Gasteiger charge is -2.35. The Labute approximate surface area is 132 Å². The lowest BCUT2D eigenvalue weighted by atomic mass is 10.2. The molecule has 0 aromatic carbocycles. The predicted molar refractivity (Wildman–Crippen MR) is 89.0 cm³/mol. The third kappa shape index (κ3) is 3.48. The van der Waals surface area contributed by atoms with Gasteiger partial charge in [0.05, 0.1) is 18.1 Å². The van der Waals surface area contributed by atoms with Crippen molar-refractivity contribution in [2.45, 2.75) is 31.1 Å². The number of nitrogens with two attached hydrogens (primary N) is 1. The van der Waals surface area contributed by atoms with Crippen LogP contribution in [0.5, 0.6) is 0 Å². The minimum atomic E-state index is 0.231. The number of aromatic nitrogens is 2. The van der Waals surface area contributed by atoms with Gasteiger partial charge >= 0.3 is 0 Å². The lowest BCUT2D eigenvalue weighted by Crippen LogP contribution is -2.46. The zero-order valence-electron chi connectivity index (χ0n) is 12.3. The minimum Gasteiger partial charge on any atom is -0.383 e. The second-order valence-electron chi connectivity index (χ2n) is 5.42. The maximum absolute atomic E-state index is 5.97. The molecule has 0 spiro atoms. The summed E-state index contributed by atoms with van der Waals surface area (Å²) in [4.78, 5) is 12.3. The van der Waals surface area contributed by atoms with Crippen molar-refractivity contribution >= 4 is 39.1 Å².